The number of likely N-dealkylation sites (N-methyl/N-ethyl adjacent to an activating group) is 1. The first kappa shape index (κ1) is 10.3. The highest BCUT2D eigenvalue weighted by Crippen LogP contribution is 2.28. The van der Waals surface area contributed by atoms with Gasteiger partial charge in [0.25, 0.3) is 0 Å². The summed E-state index contributed by atoms with van der Waals surface area (Å²) in [4.78, 5) is 2.39. The summed E-state index contributed by atoms with van der Waals surface area (Å²) >= 11 is 0. The molecule has 0 radical (unpaired) electrons. The first-order valence-corrected chi connectivity index (χ1v) is 6.34. The Morgan fingerprint density at radius 2 is 2.06 bits per heavy atom. The van der Waals surface area contributed by atoms with Crippen LogP contribution >= 0.6 is 0 Å². The molecule has 0 amide bonds. The molecule has 0 N–H and O–H groups in total. The Balaban J connectivity index is 1.88. The third-order valence-corrected chi connectivity index (χ3v) is 3.97. The van der Waals surface area contributed by atoms with Crippen molar-refractivity contribution in [2.45, 2.75) is 38.6 Å². The van der Waals surface area contributed by atoms with Crippen molar-refractivity contribution in [3.05, 3.63) is 11.6 Å². The quantitative estimate of drug-likeness (QED) is 0.715. The highest BCUT2D eigenvalue weighted by atomic mass is 15.3. The minimum absolute atomic E-state index is 0.608. The smallest absolute Gasteiger partial charge is 0.137 e. The van der Waals surface area contributed by atoms with Gasteiger partial charge in [0.05, 0.1) is 0 Å². The third-order valence-electron chi connectivity index (χ3n) is 3.97. The molecular weight excluding hydrogens is 200 g/mol. The lowest BCUT2D eigenvalue weighted by molar-refractivity contribution is 0.374. The number of likely N-dealkylation sites (tertiary alicyclic amines) is 1. The van der Waals surface area contributed by atoms with E-state index in [4.69, 9.17) is 0 Å². The van der Waals surface area contributed by atoms with Gasteiger partial charge in [0.2, 0.25) is 0 Å². The summed E-state index contributed by atoms with van der Waals surface area (Å²) in [6.45, 7) is 5.79. The fraction of sp³-hybridized carbons (Fsp3) is 0.833. The predicted octanol–water partition coefficient (Wildman–Crippen LogP) is 1.28. The van der Waals surface area contributed by atoms with Crippen molar-refractivity contribution < 1.29 is 0 Å². The predicted molar refractivity (Wildman–Crippen MR) is 62.4 cm³/mol. The van der Waals surface area contributed by atoms with Crippen LogP contribution in [0.4, 0.5) is 0 Å². The van der Waals surface area contributed by atoms with Gasteiger partial charge < -0.3 is 9.47 Å². The van der Waals surface area contributed by atoms with Gasteiger partial charge in [-0.1, -0.05) is 6.92 Å². The summed E-state index contributed by atoms with van der Waals surface area (Å²) in [6.07, 6.45) is 3.61. The van der Waals surface area contributed by atoms with Crippen LogP contribution in [0.15, 0.2) is 0 Å². The lowest BCUT2D eigenvalue weighted by Gasteiger charge is -2.22. The third kappa shape index (κ3) is 1.65. The zero-order valence-corrected chi connectivity index (χ0v) is 10.2. The molecule has 3 rings (SSSR count). The van der Waals surface area contributed by atoms with Crippen molar-refractivity contribution in [1.29, 1.82) is 0 Å². The van der Waals surface area contributed by atoms with Gasteiger partial charge in [0.1, 0.15) is 11.6 Å². The molecule has 2 unspecified atom stereocenters. The van der Waals surface area contributed by atoms with Gasteiger partial charge in [-0.2, -0.15) is 0 Å². The van der Waals surface area contributed by atoms with Gasteiger partial charge in [-0.3, -0.25) is 0 Å². The van der Waals surface area contributed by atoms with Crippen molar-refractivity contribution in [3.8, 4) is 0 Å². The van der Waals surface area contributed by atoms with Crippen molar-refractivity contribution in [1.82, 2.24) is 19.7 Å². The Morgan fingerprint density at radius 3 is 2.81 bits per heavy atom. The van der Waals surface area contributed by atoms with Crippen molar-refractivity contribution in [3.63, 3.8) is 0 Å². The molecule has 3 heterocycles. The van der Waals surface area contributed by atoms with E-state index in [0.717, 1.165) is 25.4 Å². The minimum Gasteiger partial charge on any atom is -0.314 e. The lowest BCUT2D eigenvalue weighted by atomic mass is 10.0. The van der Waals surface area contributed by atoms with E-state index in [2.05, 4.69) is 33.6 Å². The maximum Gasteiger partial charge on any atom is 0.137 e. The summed E-state index contributed by atoms with van der Waals surface area (Å²) < 4.78 is 2.39. The fourth-order valence-corrected chi connectivity index (χ4v) is 2.96. The molecule has 0 aliphatic carbocycles. The van der Waals surface area contributed by atoms with Crippen LogP contribution in [0, 0.1) is 5.92 Å². The Kier molecular flexibility index (Phi) is 2.46. The van der Waals surface area contributed by atoms with Crippen molar-refractivity contribution >= 4 is 0 Å². The lowest BCUT2D eigenvalue weighted by Crippen LogP contribution is -2.22. The van der Waals surface area contributed by atoms with E-state index in [9.17, 15) is 0 Å². The monoisotopic (exact) mass is 220 g/mol. The zero-order valence-electron chi connectivity index (χ0n) is 10.2. The SMILES string of the molecule is CC1CCc2nnc(C3CCN(C)C3)n2C1. The first-order chi connectivity index (χ1) is 7.74. The van der Waals surface area contributed by atoms with Crippen LogP contribution in [-0.2, 0) is 13.0 Å². The second kappa shape index (κ2) is 3.84. The van der Waals surface area contributed by atoms with E-state index in [1.54, 1.807) is 0 Å². The second-order valence-electron chi connectivity index (χ2n) is 5.48. The van der Waals surface area contributed by atoms with Crippen LogP contribution in [0.3, 0.4) is 0 Å². The molecule has 1 fully saturated rings. The normalized spacial score (nSPS) is 30.6. The molecule has 0 saturated carbocycles. The van der Waals surface area contributed by atoms with Crippen LogP contribution in [0.2, 0.25) is 0 Å². The van der Waals surface area contributed by atoms with E-state index in [0.29, 0.717) is 5.92 Å². The maximum absolute atomic E-state index is 4.44. The number of nitrogens with zero attached hydrogens (tertiary/aromatic N) is 4. The van der Waals surface area contributed by atoms with E-state index < -0.39 is 0 Å². The zero-order chi connectivity index (χ0) is 11.1. The van der Waals surface area contributed by atoms with Crippen LogP contribution < -0.4 is 0 Å². The maximum atomic E-state index is 4.44. The van der Waals surface area contributed by atoms with Crippen LogP contribution in [0.5, 0.6) is 0 Å². The van der Waals surface area contributed by atoms with Crippen LogP contribution in [-0.4, -0.2) is 39.8 Å². The Labute approximate surface area is 96.7 Å². The number of hydrogen-bond acceptors (Lipinski definition) is 3. The summed E-state index contributed by atoms with van der Waals surface area (Å²) in [6, 6.07) is 0. The van der Waals surface area contributed by atoms with Gasteiger partial charge >= 0.3 is 0 Å². The number of aromatic nitrogens is 3. The number of fused-ring (bicyclic) bond motifs is 1. The molecule has 0 bridgehead atoms. The van der Waals surface area contributed by atoms with Crippen LogP contribution in [0.25, 0.3) is 0 Å². The largest absolute Gasteiger partial charge is 0.314 e. The highest BCUT2D eigenvalue weighted by molar-refractivity contribution is 5.07. The van der Waals surface area contributed by atoms with Crippen LogP contribution in [0.1, 0.15) is 37.3 Å². The summed E-state index contributed by atoms with van der Waals surface area (Å²) in [5.41, 5.74) is 0. The van der Waals surface area contributed by atoms with E-state index in [-0.39, 0.29) is 0 Å². The number of hydrogen-bond donors (Lipinski definition) is 0. The van der Waals surface area contributed by atoms with Crippen molar-refractivity contribution in [2.75, 3.05) is 20.1 Å². The molecule has 2 aliphatic rings. The van der Waals surface area contributed by atoms with Gasteiger partial charge in [0, 0.05) is 25.4 Å². The summed E-state index contributed by atoms with van der Waals surface area (Å²) in [7, 11) is 2.19. The molecule has 1 aromatic heterocycles. The Morgan fingerprint density at radius 1 is 1.19 bits per heavy atom. The van der Waals surface area contributed by atoms with Gasteiger partial charge in [0.15, 0.2) is 0 Å². The minimum atomic E-state index is 0.608. The Bertz CT molecular complexity index is 384. The molecule has 0 spiro atoms. The summed E-state index contributed by atoms with van der Waals surface area (Å²) in [5, 5.41) is 8.79. The Hall–Kier alpha value is -0.900. The van der Waals surface area contributed by atoms with Crippen molar-refractivity contribution in [2.24, 2.45) is 5.92 Å². The standard InChI is InChI=1S/C12H20N4/c1-9-3-4-11-13-14-12(16(11)7-9)10-5-6-15(2)8-10/h9-10H,3-8H2,1-2H3. The highest BCUT2D eigenvalue weighted by Gasteiger charge is 2.29. The van der Waals surface area contributed by atoms with E-state index >= 15 is 0 Å². The molecule has 88 valence electrons. The molecular formula is C12H20N4. The van der Waals surface area contributed by atoms with Gasteiger partial charge in [-0.25, -0.2) is 0 Å². The average Bonchev–Trinajstić information content (AvgIpc) is 2.83. The second-order valence-corrected chi connectivity index (χ2v) is 5.48. The average molecular weight is 220 g/mol. The fourth-order valence-electron chi connectivity index (χ4n) is 2.96. The molecule has 1 aromatic rings. The number of rotatable bonds is 1. The van der Waals surface area contributed by atoms with E-state index in [1.807, 2.05) is 0 Å². The molecule has 4 heteroatoms. The number of aryl methyl sites for hydroxylation is 1. The molecule has 4 nitrogen and oxygen atoms in total. The van der Waals surface area contributed by atoms with E-state index in [1.165, 1.54) is 31.0 Å². The molecule has 2 atom stereocenters. The first-order valence-electron chi connectivity index (χ1n) is 6.34. The topological polar surface area (TPSA) is 34.0 Å². The van der Waals surface area contributed by atoms with Gasteiger partial charge in [-0.05, 0) is 32.4 Å². The van der Waals surface area contributed by atoms with Gasteiger partial charge in [-0.15, -0.1) is 10.2 Å². The molecule has 16 heavy (non-hydrogen) atoms. The molecule has 0 aromatic carbocycles. The molecule has 2 aliphatic heterocycles. The summed E-state index contributed by atoms with van der Waals surface area (Å²) in [5.74, 6) is 3.84. The molecule has 1 saturated heterocycles.